The van der Waals surface area contributed by atoms with E-state index >= 15 is 0 Å². The van der Waals surface area contributed by atoms with Crippen molar-refractivity contribution in [3.8, 4) is 21.8 Å². The van der Waals surface area contributed by atoms with Crippen LogP contribution in [0, 0.1) is 0 Å². The Morgan fingerprint density at radius 3 is 2.43 bits per heavy atom. The van der Waals surface area contributed by atoms with Crippen LogP contribution in [0.2, 0.25) is 0 Å². The number of hydrogen-bond donors (Lipinski definition) is 0. The molecule has 0 radical (unpaired) electrons. The fraction of sp³-hybridized carbons (Fsp3) is 0.286. The van der Waals surface area contributed by atoms with Gasteiger partial charge in [0.25, 0.3) is 0 Å². The van der Waals surface area contributed by atoms with Crippen molar-refractivity contribution in [3.05, 3.63) is 53.4 Å². The SMILES string of the molecule is C[C@H]1Cc2cc(-c3csc(-c4ccc(N(C)C)cc4)n3)ccc2N1S(C)(=O)=O. The molecule has 2 aromatic carbocycles. The Bertz CT molecular complexity index is 1120. The normalized spacial score (nSPS) is 16.3. The van der Waals surface area contributed by atoms with Crippen molar-refractivity contribution in [2.24, 2.45) is 0 Å². The lowest BCUT2D eigenvalue weighted by atomic mass is 10.1. The van der Waals surface area contributed by atoms with Crippen molar-refractivity contribution in [2.45, 2.75) is 19.4 Å². The van der Waals surface area contributed by atoms with E-state index in [0.717, 1.165) is 45.2 Å². The lowest BCUT2D eigenvalue weighted by molar-refractivity contribution is 0.590. The number of hydrogen-bond acceptors (Lipinski definition) is 5. The molecule has 7 heteroatoms. The lowest BCUT2D eigenvalue weighted by Crippen LogP contribution is -2.34. The summed E-state index contributed by atoms with van der Waals surface area (Å²) in [4.78, 5) is 6.88. The fourth-order valence-electron chi connectivity index (χ4n) is 3.71. The van der Waals surface area contributed by atoms with Crippen LogP contribution in [0.25, 0.3) is 21.8 Å². The second-order valence-electron chi connectivity index (χ2n) is 7.43. The first-order valence-electron chi connectivity index (χ1n) is 9.10. The molecule has 0 aliphatic carbocycles. The fourth-order valence-corrected chi connectivity index (χ4v) is 5.81. The van der Waals surface area contributed by atoms with Crippen LogP contribution < -0.4 is 9.21 Å². The number of fused-ring (bicyclic) bond motifs is 1. The highest BCUT2D eigenvalue weighted by molar-refractivity contribution is 7.92. The van der Waals surface area contributed by atoms with Crippen LogP contribution in [0.3, 0.4) is 0 Å². The lowest BCUT2D eigenvalue weighted by Gasteiger charge is -2.21. The quantitative estimate of drug-likeness (QED) is 0.642. The highest BCUT2D eigenvalue weighted by atomic mass is 32.2. The van der Waals surface area contributed by atoms with Gasteiger partial charge in [0.1, 0.15) is 5.01 Å². The number of benzene rings is 2. The molecule has 0 unspecified atom stereocenters. The molecule has 28 heavy (non-hydrogen) atoms. The zero-order chi connectivity index (χ0) is 20.1. The Labute approximate surface area is 170 Å². The van der Waals surface area contributed by atoms with Crippen LogP contribution in [0.15, 0.2) is 47.8 Å². The van der Waals surface area contributed by atoms with Crippen LogP contribution in [0.4, 0.5) is 11.4 Å². The highest BCUT2D eigenvalue weighted by Gasteiger charge is 2.32. The Kier molecular flexibility index (Phi) is 4.67. The molecule has 2 heterocycles. The number of thiazole rings is 1. The summed E-state index contributed by atoms with van der Waals surface area (Å²) in [7, 11) is 0.780. The Hall–Kier alpha value is -2.38. The van der Waals surface area contributed by atoms with Gasteiger partial charge in [0, 0.05) is 42.3 Å². The first-order chi connectivity index (χ1) is 13.2. The van der Waals surface area contributed by atoms with Gasteiger partial charge in [0.05, 0.1) is 17.6 Å². The summed E-state index contributed by atoms with van der Waals surface area (Å²) in [5.41, 5.74) is 6.04. The van der Waals surface area contributed by atoms with Gasteiger partial charge in [-0.05, 0) is 55.3 Å². The van der Waals surface area contributed by atoms with Gasteiger partial charge in [0.2, 0.25) is 10.0 Å². The third kappa shape index (κ3) is 3.40. The van der Waals surface area contributed by atoms with Crippen molar-refractivity contribution in [2.75, 3.05) is 29.6 Å². The van der Waals surface area contributed by atoms with E-state index < -0.39 is 10.0 Å². The van der Waals surface area contributed by atoms with Crippen molar-refractivity contribution < 1.29 is 8.42 Å². The molecule has 1 aromatic heterocycles. The number of anilines is 2. The van der Waals surface area contributed by atoms with Crippen LogP contribution in [0.5, 0.6) is 0 Å². The third-order valence-electron chi connectivity index (χ3n) is 5.02. The Morgan fingerprint density at radius 2 is 1.79 bits per heavy atom. The molecule has 0 saturated heterocycles. The zero-order valence-electron chi connectivity index (χ0n) is 16.4. The van der Waals surface area contributed by atoms with Gasteiger partial charge in [-0.15, -0.1) is 11.3 Å². The smallest absolute Gasteiger partial charge is 0.232 e. The summed E-state index contributed by atoms with van der Waals surface area (Å²) in [6.07, 6.45) is 1.99. The van der Waals surface area contributed by atoms with Crippen molar-refractivity contribution >= 4 is 32.7 Å². The maximum atomic E-state index is 12.1. The predicted octanol–water partition coefficient (Wildman–Crippen LogP) is 4.25. The molecule has 3 aromatic rings. The van der Waals surface area contributed by atoms with E-state index in [1.807, 2.05) is 33.2 Å². The topological polar surface area (TPSA) is 53.5 Å². The van der Waals surface area contributed by atoms with E-state index in [0.29, 0.717) is 0 Å². The molecule has 1 atom stereocenters. The summed E-state index contributed by atoms with van der Waals surface area (Å²) < 4.78 is 25.7. The summed E-state index contributed by atoms with van der Waals surface area (Å²) in [6, 6.07) is 14.2. The van der Waals surface area contributed by atoms with Crippen molar-refractivity contribution in [1.29, 1.82) is 0 Å². The van der Waals surface area contributed by atoms with Crippen molar-refractivity contribution in [1.82, 2.24) is 4.98 Å². The Morgan fingerprint density at radius 1 is 1.11 bits per heavy atom. The van der Waals surface area contributed by atoms with Crippen LogP contribution >= 0.6 is 11.3 Å². The minimum atomic E-state index is -3.27. The average Bonchev–Trinajstić information content (AvgIpc) is 3.24. The van der Waals surface area contributed by atoms with Crippen molar-refractivity contribution in [3.63, 3.8) is 0 Å². The molecule has 4 rings (SSSR count). The first kappa shape index (κ1) is 19.0. The second-order valence-corrected chi connectivity index (χ2v) is 10.2. The molecule has 5 nitrogen and oxygen atoms in total. The monoisotopic (exact) mass is 413 g/mol. The number of rotatable bonds is 4. The molecule has 0 amide bonds. The van der Waals surface area contributed by atoms with Gasteiger partial charge in [0.15, 0.2) is 0 Å². The van der Waals surface area contributed by atoms with Crippen LogP contribution in [-0.4, -0.2) is 39.8 Å². The van der Waals surface area contributed by atoms with E-state index in [2.05, 4.69) is 40.6 Å². The molecule has 0 N–H and O–H groups in total. The van der Waals surface area contributed by atoms with Crippen LogP contribution in [0.1, 0.15) is 12.5 Å². The van der Waals surface area contributed by atoms with Gasteiger partial charge < -0.3 is 4.90 Å². The number of sulfonamides is 1. The maximum Gasteiger partial charge on any atom is 0.232 e. The van der Waals surface area contributed by atoms with E-state index in [1.165, 1.54) is 10.6 Å². The van der Waals surface area contributed by atoms with Crippen LogP contribution in [-0.2, 0) is 16.4 Å². The number of nitrogens with zero attached hydrogens (tertiary/aromatic N) is 3. The predicted molar refractivity (Wildman–Crippen MR) is 118 cm³/mol. The van der Waals surface area contributed by atoms with Gasteiger partial charge in [-0.25, -0.2) is 13.4 Å². The minimum Gasteiger partial charge on any atom is -0.378 e. The third-order valence-corrected chi connectivity index (χ3v) is 7.18. The second kappa shape index (κ2) is 6.90. The van der Waals surface area contributed by atoms with Gasteiger partial charge in [-0.1, -0.05) is 6.07 Å². The molecule has 1 aliphatic heterocycles. The molecule has 0 bridgehead atoms. The number of aromatic nitrogens is 1. The standard InChI is InChI=1S/C21H23N3O2S2/c1-14-11-17-12-16(7-10-20(17)24(14)28(4,25)26)19-13-27-21(22-19)15-5-8-18(9-6-15)23(2)3/h5-10,12-14H,11H2,1-4H3/t14-/m0/s1. The molecule has 1 aliphatic rings. The summed E-state index contributed by atoms with van der Waals surface area (Å²) in [5.74, 6) is 0. The Balaban J connectivity index is 1.64. The summed E-state index contributed by atoms with van der Waals surface area (Å²) >= 11 is 1.62. The minimum absolute atomic E-state index is 0.0542. The van der Waals surface area contributed by atoms with Gasteiger partial charge >= 0.3 is 0 Å². The van der Waals surface area contributed by atoms with E-state index in [-0.39, 0.29) is 6.04 Å². The largest absolute Gasteiger partial charge is 0.378 e. The molecule has 0 spiro atoms. The van der Waals surface area contributed by atoms with E-state index in [1.54, 1.807) is 11.3 Å². The molecular weight excluding hydrogens is 390 g/mol. The first-order valence-corrected chi connectivity index (χ1v) is 11.8. The molecule has 146 valence electrons. The van der Waals surface area contributed by atoms with Gasteiger partial charge in [-0.3, -0.25) is 4.31 Å². The summed E-state index contributed by atoms with van der Waals surface area (Å²) in [5, 5.41) is 3.04. The average molecular weight is 414 g/mol. The van der Waals surface area contributed by atoms with E-state index in [9.17, 15) is 8.42 Å². The highest BCUT2D eigenvalue weighted by Crippen LogP contribution is 2.38. The molecule has 0 fully saturated rings. The summed E-state index contributed by atoms with van der Waals surface area (Å²) in [6.45, 7) is 1.94. The molecular formula is C21H23N3O2S2. The van der Waals surface area contributed by atoms with E-state index in [4.69, 9.17) is 4.98 Å². The zero-order valence-corrected chi connectivity index (χ0v) is 18.0. The maximum absolute atomic E-state index is 12.1. The van der Waals surface area contributed by atoms with Gasteiger partial charge in [-0.2, -0.15) is 0 Å². The molecule has 0 saturated carbocycles.